The molecule has 368 valence electrons. The lowest BCUT2D eigenvalue weighted by Crippen LogP contribution is -2.46. The molecule has 4 heterocycles. The number of carbonyl (C=O) groups is 4. The van der Waals surface area contributed by atoms with Gasteiger partial charge in [-0.2, -0.15) is 0 Å². The number of aromatic nitrogens is 4. The first-order chi connectivity index (χ1) is 33.7. The number of hydrogen-bond acceptors (Lipinski definition) is 11. The zero-order valence-corrected chi connectivity index (χ0v) is 41.5. The maximum absolute atomic E-state index is 14.3. The Hall–Kier alpha value is -6.94. The molecule has 15 heteroatoms. The number of benzene rings is 5. The van der Waals surface area contributed by atoms with Gasteiger partial charge in [0.2, 0.25) is 0 Å². The highest BCUT2D eigenvalue weighted by Crippen LogP contribution is 2.40. The van der Waals surface area contributed by atoms with Crippen LogP contribution in [0.25, 0.3) is 55.0 Å². The van der Waals surface area contributed by atoms with Crippen LogP contribution in [-0.2, 0) is 23.9 Å². The molecule has 2 aliphatic heterocycles. The van der Waals surface area contributed by atoms with Crippen molar-refractivity contribution in [3.05, 3.63) is 120 Å². The predicted octanol–water partition coefficient (Wildman–Crippen LogP) is 9.83. The number of aromatic amines is 2. The molecule has 15 nitrogen and oxygen atoms in total. The number of imidazole rings is 2. The number of nitrogens with zero attached hydrogens (tertiary/aromatic N) is 4. The van der Waals surface area contributed by atoms with Gasteiger partial charge in [-0.05, 0) is 103 Å². The summed E-state index contributed by atoms with van der Waals surface area (Å²) in [6.45, 7) is 9.56. The fourth-order valence-electron chi connectivity index (χ4n) is 8.53. The Morgan fingerprint density at radius 3 is 2.01 bits per heavy atom. The molecule has 2 fully saturated rings. The summed E-state index contributed by atoms with van der Waals surface area (Å²) in [5.74, 6) is 1.62. The number of ether oxygens (including phenoxy) is 2. The van der Waals surface area contributed by atoms with Gasteiger partial charge in [0, 0.05) is 37.1 Å². The highest BCUT2D eigenvalue weighted by Gasteiger charge is 2.42. The molecule has 0 spiro atoms. The van der Waals surface area contributed by atoms with E-state index in [4.69, 9.17) is 24.6 Å². The summed E-state index contributed by atoms with van der Waals surface area (Å²) in [5, 5.41) is 14.4. The first-order valence-corrected chi connectivity index (χ1v) is 23.6. The topological polar surface area (TPSA) is 209 Å². The second-order valence-corrected chi connectivity index (χ2v) is 15.9. The molecule has 2 saturated heterocycles. The number of nitrogens with one attached hydrogen (secondary N) is 3. The van der Waals surface area contributed by atoms with Crippen molar-refractivity contribution in [1.29, 1.82) is 0 Å². The zero-order chi connectivity index (χ0) is 50.5. The Morgan fingerprint density at radius 2 is 1.45 bits per heavy atom. The minimum absolute atomic E-state index is 0.0255. The molecule has 7 aromatic rings. The Morgan fingerprint density at radius 1 is 0.826 bits per heavy atom. The normalized spacial score (nSPS) is 16.2. The number of rotatable bonds is 11. The Labute approximate surface area is 405 Å². The molecule has 9 rings (SSSR count). The molecule has 6 N–H and O–H groups in total. The van der Waals surface area contributed by atoms with E-state index in [0.29, 0.717) is 24.5 Å². The van der Waals surface area contributed by atoms with Crippen LogP contribution in [0.4, 0.5) is 4.79 Å². The van der Waals surface area contributed by atoms with E-state index < -0.39 is 12.1 Å². The van der Waals surface area contributed by atoms with Crippen LogP contribution < -0.4 is 11.1 Å². The van der Waals surface area contributed by atoms with Crippen molar-refractivity contribution < 1.29 is 33.8 Å². The van der Waals surface area contributed by atoms with Crippen molar-refractivity contribution in [3.63, 3.8) is 0 Å². The minimum atomic E-state index is -0.873. The third-order valence-electron chi connectivity index (χ3n) is 12.0. The van der Waals surface area contributed by atoms with Gasteiger partial charge in [-0.15, -0.1) is 0 Å². The lowest BCUT2D eigenvalue weighted by molar-refractivity contribution is -0.137. The van der Waals surface area contributed by atoms with Crippen LogP contribution in [0.3, 0.4) is 0 Å². The second-order valence-electron chi connectivity index (χ2n) is 15.9. The number of hydrogen-bond donors (Lipinski definition) is 5. The van der Waals surface area contributed by atoms with E-state index >= 15 is 0 Å². The van der Waals surface area contributed by atoms with Crippen LogP contribution in [0.15, 0.2) is 103 Å². The van der Waals surface area contributed by atoms with E-state index in [-0.39, 0.29) is 18.0 Å². The van der Waals surface area contributed by atoms with Crippen molar-refractivity contribution in [2.24, 2.45) is 5.73 Å². The number of methoxy groups -OCH3 is 2. The molecule has 69 heavy (non-hydrogen) atoms. The van der Waals surface area contributed by atoms with Gasteiger partial charge in [-0.1, -0.05) is 100 Å². The van der Waals surface area contributed by atoms with E-state index in [1.807, 2.05) is 62.2 Å². The first kappa shape index (κ1) is 54.7. The molecule has 5 aromatic carbocycles. The predicted molar refractivity (Wildman–Crippen MR) is 275 cm³/mol. The number of amides is 2. The third-order valence-corrected chi connectivity index (χ3v) is 12.0. The summed E-state index contributed by atoms with van der Waals surface area (Å²) in [6, 6.07) is 32.6. The highest BCUT2D eigenvalue weighted by molar-refractivity contribution is 6.05. The molecule has 4 atom stereocenters. The molecule has 2 aliphatic rings. The number of carbonyl (C=O) groups excluding carboxylic acids is 4. The minimum Gasteiger partial charge on any atom is -0.471 e. The number of alkyl carbamates (subject to hydrolysis) is 1. The van der Waals surface area contributed by atoms with Crippen molar-refractivity contribution in [1.82, 2.24) is 35.1 Å². The summed E-state index contributed by atoms with van der Waals surface area (Å²) in [5.41, 5.74) is 11.6. The number of aliphatic hydroxyl groups excluding tert-OH is 1. The van der Waals surface area contributed by atoms with Gasteiger partial charge in [0.05, 0.1) is 49.2 Å². The van der Waals surface area contributed by atoms with Gasteiger partial charge >= 0.3 is 6.09 Å². The Kier molecular flexibility index (Phi) is 22.0. The molecule has 2 aromatic heterocycles. The molecule has 4 unspecified atom stereocenters. The summed E-state index contributed by atoms with van der Waals surface area (Å²) in [4.78, 5) is 66.2. The summed E-state index contributed by atoms with van der Waals surface area (Å²) in [6.07, 6.45) is 7.39. The van der Waals surface area contributed by atoms with Gasteiger partial charge in [0.25, 0.3) is 12.4 Å². The fraction of sp³-hybridized carbons (Fsp3) is 0.370. The largest absolute Gasteiger partial charge is 0.471 e. The second kappa shape index (κ2) is 27.8. The van der Waals surface area contributed by atoms with Gasteiger partial charge in [-0.3, -0.25) is 14.5 Å². The number of aldehydes is 1. The molecular formula is C54H70N8O7. The van der Waals surface area contributed by atoms with Crippen LogP contribution in [0, 0.1) is 0 Å². The van der Waals surface area contributed by atoms with Gasteiger partial charge in [0.15, 0.2) is 0 Å². The smallest absolute Gasteiger partial charge is 0.407 e. The molecule has 0 aliphatic carbocycles. The van der Waals surface area contributed by atoms with Crippen LogP contribution >= 0.6 is 0 Å². The molecule has 0 radical (unpaired) electrons. The summed E-state index contributed by atoms with van der Waals surface area (Å²) in [7, 11) is 7.27. The van der Waals surface area contributed by atoms with Gasteiger partial charge in [0.1, 0.15) is 24.0 Å². The SMILES string of the molecule is CC.CCC1CCC(c2ncc(-c3ccc4cc(-c5ccc6c(ccc7[nH]c(C8CCN8C)nc76)c5)ccc4c3)[nH]2)N1C(=O)C(NC(=O)OC)c1ccccc1.CCCC=O.CN.CO.COC=O. The zero-order valence-electron chi connectivity index (χ0n) is 41.5. The van der Waals surface area contributed by atoms with Crippen LogP contribution in [0.1, 0.15) is 102 Å². The standard InChI is InChI=1S/C44H43N7O3.C4H8O.C2H4O2.C2H6.CH5N.CH4O/c1-4-33-16-19-38(51(33)43(52)39(49-44(53)54-3)26-8-6-5-7-9-26)41-45-25-36(47-41)32-13-12-28-22-27(10-11-29(28)24-32)30-14-17-34-31(23-30)15-18-35-40(34)48-42(46-35)37-20-21-50(37)2;1-2-3-4-5;1-4-2-3;3*1-2/h5-15,17-18,22-25,33,37-39H,4,16,19-21H2,1-3H3,(H,45,47)(H,46,48)(H,49,53);4H,2-3H2,1H3;2H,1H3;1-2H3;2H2,1H3;2H,1H3. The number of nitrogens with two attached hydrogens (primary N) is 1. The Balaban J connectivity index is 0.000000617. The number of H-pyrrole nitrogens is 2. The highest BCUT2D eigenvalue weighted by atomic mass is 16.5. The maximum atomic E-state index is 14.3. The number of likely N-dealkylation sites (tertiary alicyclic amines) is 2. The number of aliphatic hydroxyl groups is 1. The van der Waals surface area contributed by atoms with Crippen molar-refractivity contribution in [3.8, 4) is 22.4 Å². The van der Waals surface area contributed by atoms with E-state index in [0.717, 1.165) is 113 Å². The third kappa shape index (κ3) is 13.2. The van der Waals surface area contributed by atoms with Gasteiger partial charge in [-0.25, -0.2) is 14.8 Å². The van der Waals surface area contributed by atoms with E-state index in [2.05, 4.69) is 111 Å². The quantitative estimate of drug-likeness (QED) is 0.0771. The average Bonchev–Trinajstić information content (AvgIpc) is 4.19. The summed E-state index contributed by atoms with van der Waals surface area (Å²) >= 11 is 0. The van der Waals surface area contributed by atoms with E-state index in [1.165, 1.54) is 26.7 Å². The summed E-state index contributed by atoms with van der Waals surface area (Å²) < 4.78 is 8.75. The van der Waals surface area contributed by atoms with Crippen LogP contribution in [0.2, 0.25) is 0 Å². The van der Waals surface area contributed by atoms with Crippen molar-refractivity contribution in [2.45, 2.75) is 90.4 Å². The van der Waals surface area contributed by atoms with Crippen molar-refractivity contribution in [2.75, 3.05) is 42.0 Å². The average molecular weight is 943 g/mol. The molecule has 0 saturated carbocycles. The van der Waals surface area contributed by atoms with E-state index in [1.54, 1.807) is 0 Å². The van der Waals surface area contributed by atoms with Crippen LogP contribution in [0.5, 0.6) is 0 Å². The lowest BCUT2D eigenvalue weighted by atomic mass is 9.97. The molecule has 2 amide bonds. The maximum Gasteiger partial charge on any atom is 0.407 e. The Bertz CT molecular complexity index is 2700. The number of unbranched alkanes of at least 4 members (excludes halogenated alkanes) is 1. The van der Waals surface area contributed by atoms with Gasteiger partial charge < -0.3 is 45.3 Å². The van der Waals surface area contributed by atoms with E-state index in [9.17, 15) is 14.4 Å². The first-order valence-electron chi connectivity index (χ1n) is 23.6. The monoisotopic (exact) mass is 943 g/mol. The van der Waals surface area contributed by atoms with Crippen LogP contribution in [-0.4, -0.2) is 108 Å². The molecule has 0 bridgehead atoms. The van der Waals surface area contributed by atoms with Crippen molar-refractivity contribution >= 4 is 57.3 Å². The molecular weight excluding hydrogens is 873 g/mol. The number of fused-ring (bicyclic) bond motifs is 4. The lowest BCUT2D eigenvalue weighted by Gasteiger charge is -2.36. The fourth-order valence-corrected chi connectivity index (χ4v) is 8.53.